The van der Waals surface area contributed by atoms with Crippen molar-refractivity contribution in [2.45, 2.75) is 30.8 Å². The fourth-order valence-corrected chi connectivity index (χ4v) is 4.00. The van der Waals surface area contributed by atoms with Crippen molar-refractivity contribution in [3.63, 3.8) is 0 Å². The molecule has 1 atom stereocenters. The zero-order valence-corrected chi connectivity index (χ0v) is 16.2. The van der Waals surface area contributed by atoms with Gasteiger partial charge in [-0.2, -0.15) is 0 Å². The van der Waals surface area contributed by atoms with Crippen LogP contribution in [-0.2, 0) is 4.79 Å². The van der Waals surface area contributed by atoms with Crippen LogP contribution < -0.4 is 16.0 Å². The summed E-state index contributed by atoms with van der Waals surface area (Å²) in [5.74, 6) is 0.328. The second kappa shape index (κ2) is 8.28. The fraction of sp³-hybridized carbons (Fsp3) is 0.381. The maximum Gasteiger partial charge on any atom is 0.248 e. The number of carbonyl (C=O) groups is 1. The minimum atomic E-state index is -0.985. The number of amides is 1. The van der Waals surface area contributed by atoms with Crippen molar-refractivity contribution in [1.82, 2.24) is 20.3 Å². The largest absolute Gasteiger partial charge is 0.396 e. The molecular weight excluding hydrogens is 368 g/mol. The number of H-pyrrole nitrogens is 1. The average molecular weight is 394 g/mol. The number of fused-ring (bicyclic) bond motifs is 1. The Hall–Kier alpha value is -2.81. The normalized spacial score (nSPS) is 17.2. The second-order valence-electron chi connectivity index (χ2n) is 7.46. The summed E-state index contributed by atoms with van der Waals surface area (Å²) in [7, 11) is 0. The molecule has 8 heteroatoms. The fourth-order valence-electron chi connectivity index (χ4n) is 4.00. The minimum Gasteiger partial charge on any atom is -0.396 e. The van der Waals surface area contributed by atoms with Crippen LogP contribution in [0.15, 0.2) is 48.9 Å². The van der Waals surface area contributed by atoms with E-state index >= 15 is 0 Å². The Kier molecular flexibility index (Phi) is 5.57. The Morgan fingerprint density at radius 2 is 1.97 bits per heavy atom. The van der Waals surface area contributed by atoms with E-state index in [-0.39, 0.29) is 12.5 Å². The molecule has 3 aromatic rings. The van der Waals surface area contributed by atoms with Crippen LogP contribution in [0.25, 0.3) is 11.0 Å². The van der Waals surface area contributed by atoms with E-state index in [9.17, 15) is 9.90 Å². The molecule has 2 aromatic heterocycles. The summed E-state index contributed by atoms with van der Waals surface area (Å²) < 4.78 is 0. The number of carbonyl (C=O) groups excluding carboxylic acids is 1. The molecule has 0 aliphatic carbocycles. The number of nitrogens with zero attached hydrogens (tertiary/aromatic N) is 3. The zero-order valence-electron chi connectivity index (χ0n) is 16.2. The van der Waals surface area contributed by atoms with Crippen LogP contribution in [0.5, 0.6) is 0 Å². The van der Waals surface area contributed by atoms with E-state index in [1.165, 1.54) is 6.33 Å². The van der Waals surface area contributed by atoms with Crippen LogP contribution in [-0.4, -0.2) is 51.2 Å². The third kappa shape index (κ3) is 3.74. The van der Waals surface area contributed by atoms with Crippen molar-refractivity contribution in [3.05, 3.63) is 54.5 Å². The molecule has 0 spiro atoms. The van der Waals surface area contributed by atoms with Gasteiger partial charge in [-0.05, 0) is 44.0 Å². The number of aliphatic hydroxyl groups is 1. The van der Waals surface area contributed by atoms with E-state index in [0.29, 0.717) is 43.8 Å². The number of benzene rings is 1. The van der Waals surface area contributed by atoms with Crippen molar-refractivity contribution in [1.29, 1.82) is 0 Å². The van der Waals surface area contributed by atoms with Gasteiger partial charge in [-0.3, -0.25) is 9.69 Å². The molecule has 1 fully saturated rings. The predicted octanol–water partition coefficient (Wildman–Crippen LogP) is 1.50. The number of hydrogen-bond acceptors (Lipinski definition) is 6. The van der Waals surface area contributed by atoms with E-state index in [1.807, 2.05) is 36.4 Å². The van der Waals surface area contributed by atoms with Gasteiger partial charge in [-0.1, -0.05) is 30.3 Å². The number of aromatic nitrogens is 3. The highest BCUT2D eigenvalue weighted by Gasteiger charge is 2.42. The zero-order chi connectivity index (χ0) is 20.3. The lowest BCUT2D eigenvalue weighted by Gasteiger charge is -2.40. The number of nitrogens with two attached hydrogens (primary N) is 1. The van der Waals surface area contributed by atoms with Crippen LogP contribution in [0.2, 0.25) is 0 Å². The van der Waals surface area contributed by atoms with Crippen LogP contribution in [0.4, 0.5) is 5.82 Å². The smallest absolute Gasteiger partial charge is 0.248 e. The molecule has 1 aliphatic rings. The lowest BCUT2D eigenvalue weighted by atomic mass is 9.86. The third-order valence-electron chi connectivity index (χ3n) is 5.60. The molecule has 8 nitrogen and oxygen atoms in total. The van der Waals surface area contributed by atoms with Gasteiger partial charge in [0.2, 0.25) is 5.91 Å². The lowest BCUT2D eigenvalue weighted by Crippen LogP contribution is -2.60. The van der Waals surface area contributed by atoms with E-state index in [1.54, 1.807) is 11.1 Å². The molecule has 1 aromatic carbocycles. The molecule has 4 rings (SSSR count). The van der Waals surface area contributed by atoms with Gasteiger partial charge in [0, 0.05) is 12.8 Å². The van der Waals surface area contributed by atoms with E-state index in [4.69, 9.17) is 5.73 Å². The van der Waals surface area contributed by atoms with Gasteiger partial charge in [0.1, 0.15) is 17.8 Å². The lowest BCUT2D eigenvalue weighted by molar-refractivity contribution is -0.125. The minimum absolute atomic E-state index is 0.0656. The number of rotatable bonds is 6. The van der Waals surface area contributed by atoms with E-state index in [0.717, 1.165) is 10.9 Å². The first-order chi connectivity index (χ1) is 14.1. The molecule has 0 bridgehead atoms. The molecular formula is C21H26N6O2. The van der Waals surface area contributed by atoms with Gasteiger partial charge in [0.05, 0.1) is 17.0 Å². The highest BCUT2D eigenvalue weighted by atomic mass is 16.3. The Balaban J connectivity index is 1.86. The molecule has 1 aliphatic heterocycles. The Bertz CT molecular complexity index is 967. The van der Waals surface area contributed by atoms with Crippen LogP contribution in [0.1, 0.15) is 30.9 Å². The summed E-state index contributed by atoms with van der Waals surface area (Å²) in [6.45, 7) is 1.31. The molecule has 5 N–H and O–H groups in total. The van der Waals surface area contributed by atoms with Gasteiger partial charge >= 0.3 is 0 Å². The number of anilines is 1. The summed E-state index contributed by atoms with van der Waals surface area (Å²) in [4.78, 5) is 27.4. The maximum absolute atomic E-state index is 13.9. The van der Waals surface area contributed by atoms with Crippen molar-refractivity contribution in [2.75, 3.05) is 24.6 Å². The molecule has 0 saturated carbocycles. The first-order valence-corrected chi connectivity index (χ1v) is 9.91. The third-order valence-corrected chi connectivity index (χ3v) is 5.60. The Morgan fingerprint density at radius 1 is 1.21 bits per heavy atom. The average Bonchev–Trinajstić information content (AvgIpc) is 3.24. The van der Waals surface area contributed by atoms with Gasteiger partial charge in [-0.15, -0.1) is 0 Å². The molecule has 152 valence electrons. The maximum atomic E-state index is 13.9. The van der Waals surface area contributed by atoms with Crippen molar-refractivity contribution in [3.8, 4) is 0 Å². The van der Waals surface area contributed by atoms with Crippen molar-refractivity contribution < 1.29 is 9.90 Å². The van der Waals surface area contributed by atoms with E-state index < -0.39 is 11.6 Å². The standard InChI is InChI=1S/C21H26N6O2/c22-21(8-11-23-12-9-21)20(29)27(17(7-13-28)15-4-2-1-3-5-15)19-16-6-10-24-18(16)25-14-26-19/h1-6,10,14,17,23,28H,7-9,11-13,22H2,(H,24,25,26)/t17-/m0/s1. The Labute approximate surface area is 169 Å². The molecule has 0 unspecified atom stereocenters. The SMILES string of the molecule is NC1(C(=O)N(c2ncnc3[nH]ccc23)[C@@H](CCO)c2ccccc2)CCNCC1. The summed E-state index contributed by atoms with van der Waals surface area (Å²) in [5, 5.41) is 13.8. The van der Waals surface area contributed by atoms with Crippen molar-refractivity contribution in [2.24, 2.45) is 5.73 Å². The van der Waals surface area contributed by atoms with Gasteiger partial charge in [0.15, 0.2) is 0 Å². The van der Waals surface area contributed by atoms with Crippen LogP contribution in [0.3, 0.4) is 0 Å². The molecule has 1 saturated heterocycles. The molecule has 29 heavy (non-hydrogen) atoms. The van der Waals surface area contributed by atoms with Crippen molar-refractivity contribution >= 4 is 22.8 Å². The number of aliphatic hydroxyl groups excluding tert-OH is 1. The quantitative estimate of drug-likeness (QED) is 0.503. The number of aromatic amines is 1. The number of hydrogen-bond donors (Lipinski definition) is 4. The predicted molar refractivity (Wildman–Crippen MR) is 111 cm³/mol. The van der Waals surface area contributed by atoms with E-state index in [2.05, 4.69) is 20.3 Å². The summed E-state index contributed by atoms with van der Waals surface area (Å²) in [5.41, 5.74) is 7.22. The monoisotopic (exact) mass is 394 g/mol. The first kappa shape index (κ1) is 19.5. The highest BCUT2D eigenvalue weighted by Crippen LogP contribution is 2.35. The second-order valence-corrected chi connectivity index (χ2v) is 7.46. The van der Waals surface area contributed by atoms with Gasteiger partial charge in [0.25, 0.3) is 0 Å². The van der Waals surface area contributed by atoms with Crippen LogP contribution >= 0.6 is 0 Å². The van der Waals surface area contributed by atoms with Gasteiger partial charge < -0.3 is 21.1 Å². The number of nitrogens with one attached hydrogen (secondary N) is 2. The Morgan fingerprint density at radius 3 is 2.69 bits per heavy atom. The van der Waals surface area contributed by atoms with Crippen LogP contribution in [0, 0.1) is 0 Å². The molecule has 3 heterocycles. The summed E-state index contributed by atoms with van der Waals surface area (Å²) >= 11 is 0. The topological polar surface area (TPSA) is 120 Å². The first-order valence-electron chi connectivity index (χ1n) is 9.91. The number of piperidine rings is 1. The summed E-state index contributed by atoms with van der Waals surface area (Å²) in [6, 6.07) is 11.2. The summed E-state index contributed by atoms with van der Waals surface area (Å²) in [6.07, 6.45) is 4.69. The molecule has 0 radical (unpaired) electrons. The molecule has 1 amide bonds. The highest BCUT2D eigenvalue weighted by molar-refractivity contribution is 6.05. The van der Waals surface area contributed by atoms with Gasteiger partial charge in [-0.25, -0.2) is 9.97 Å².